The molecule has 2 N–H and O–H groups in total. The van der Waals surface area contributed by atoms with Crippen LogP contribution in [0, 0.1) is 17.0 Å². The molecule has 0 aliphatic carbocycles. The molecular formula is C22H19N3O5. The van der Waals surface area contributed by atoms with Crippen molar-refractivity contribution in [3.8, 4) is 5.75 Å². The van der Waals surface area contributed by atoms with Gasteiger partial charge in [-0.15, -0.1) is 0 Å². The Morgan fingerprint density at radius 3 is 2.40 bits per heavy atom. The molecule has 0 unspecified atom stereocenters. The topological polar surface area (TPSA) is 111 Å². The molecule has 0 fully saturated rings. The number of rotatable bonds is 7. The average molecular weight is 405 g/mol. The Kier molecular flexibility index (Phi) is 6.39. The van der Waals surface area contributed by atoms with Gasteiger partial charge in [-0.05, 0) is 42.8 Å². The second-order valence-electron chi connectivity index (χ2n) is 6.43. The van der Waals surface area contributed by atoms with E-state index >= 15 is 0 Å². The smallest absolute Gasteiger partial charge is 0.293 e. The van der Waals surface area contributed by atoms with Gasteiger partial charge in [-0.1, -0.05) is 36.4 Å². The van der Waals surface area contributed by atoms with Crippen molar-refractivity contribution in [2.24, 2.45) is 0 Å². The standard InChI is InChI=1S/C22H19N3O5/c1-15-11-12-18(19(13-15)25(28)29)24-21(26)14-30-20-10-6-5-9-17(20)22(27)23-16-7-3-2-4-8-16/h2-13H,14H2,1H3,(H,23,27)(H,24,26). The molecule has 0 aliphatic heterocycles. The predicted octanol–water partition coefficient (Wildman–Crippen LogP) is 4.17. The van der Waals surface area contributed by atoms with E-state index in [9.17, 15) is 19.7 Å². The highest BCUT2D eigenvalue weighted by atomic mass is 16.6. The van der Waals surface area contributed by atoms with Crippen LogP contribution in [0.15, 0.2) is 72.8 Å². The number of nitro benzene ring substituents is 1. The van der Waals surface area contributed by atoms with Crippen LogP contribution in [0.5, 0.6) is 5.75 Å². The lowest BCUT2D eigenvalue weighted by Crippen LogP contribution is -2.22. The molecule has 3 aromatic rings. The fraction of sp³-hybridized carbons (Fsp3) is 0.0909. The lowest BCUT2D eigenvalue weighted by molar-refractivity contribution is -0.384. The quantitative estimate of drug-likeness (QED) is 0.453. The number of nitrogens with one attached hydrogen (secondary N) is 2. The maximum atomic E-state index is 12.6. The van der Waals surface area contributed by atoms with E-state index < -0.39 is 17.4 Å². The summed E-state index contributed by atoms with van der Waals surface area (Å²) in [5, 5.41) is 16.4. The van der Waals surface area contributed by atoms with Crippen LogP contribution in [-0.2, 0) is 4.79 Å². The first-order chi connectivity index (χ1) is 14.4. The number of nitrogens with zero attached hydrogens (tertiary/aromatic N) is 1. The van der Waals surface area contributed by atoms with E-state index in [0.29, 0.717) is 11.3 Å². The summed E-state index contributed by atoms with van der Waals surface area (Å²) in [5.41, 5.74) is 1.46. The van der Waals surface area contributed by atoms with Gasteiger partial charge in [-0.2, -0.15) is 0 Å². The van der Waals surface area contributed by atoms with E-state index in [1.807, 2.05) is 6.07 Å². The van der Waals surface area contributed by atoms with E-state index in [0.717, 1.165) is 0 Å². The molecule has 2 amide bonds. The normalized spacial score (nSPS) is 10.2. The van der Waals surface area contributed by atoms with E-state index in [4.69, 9.17) is 4.74 Å². The van der Waals surface area contributed by atoms with Crippen LogP contribution < -0.4 is 15.4 Å². The Hall–Kier alpha value is -4.20. The molecule has 0 radical (unpaired) electrons. The summed E-state index contributed by atoms with van der Waals surface area (Å²) < 4.78 is 5.51. The number of aryl methyl sites for hydroxylation is 1. The SMILES string of the molecule is Cc1ccc(NC(=O)COc2ccccc2C(=O)Nc2ccccc2)c([N+](=O)[O-])c1. The third-order valence-electron chi connectivity index (χ3n) is 4.15. The molecular weight excluding hydrogens is 386 g/mol. The average Bonchev–Trinajstić information content (AvgIpc) is 2.74. The maximum Gasteiger partial charge on any atom is 0.293 e. The maximum absolute atomic E-state index is 12.6. The highest BCUT2D eigenvalue weighted by molar-refractivity contribution is 6.06. The number of benzene rings is 3. The van der Waals surface area contributed by atoms with E-state index in [2.05, 4.69) is 10.6 Å². The number of ether oxygens (including phenoxy) is 1. The van der Waals surface area contributed by atoms with Gasteiger partial charge < -0.3 is 15.4 Å². The molecule has 0 aliphatic rings. The minimum absolute atomic E-state index is 0.0781. The second-order valence-corrected chi connectivity index (χ2v) is 6.43. The van der Waals surface area contributed by atoms with Crippen molar-refractivity contribution < 1.29 is 19.2 Å². The summed E-state index contributed by atoms with van der Waals surface area (Å²) in [6.07, 6.45) is 0. The first kappa shape index (κ1) is 20.5. The van der Waals surface area contributed by atoms with Crippen molar-refractivity contribution >= 4 is 28.9 Å². The molecule has 3 aromatic carbocycles. The van der Waals surface area contributed by atoms with E-state index in [1.54, 1.807) is 61.5 Å². The number of hydrogen-bond acceptors (Lipinski definition) is 5. The molecule has 0 heterocycles. The molecule has 0 bridgehead atoms. The van der Waals surface area contributed by atoms with Crippen molar-refractivity contribution in [1.29, 1.82) is 0 Å². The monoisotopic (exact) mass is 405 g/mol. The molecule has 0 saturated carbocycles. The molecule has 152 valence electrons. The lowest BCUT2D eigenvalue weighted by Gasteiger charge is -2.12. The Morgan fingerprint density at radius 1 is 0.967 bits per heavy atom. The number of carbonyl (C=O) groups excluding carboxylic acids is 2. The van der Waals surface area contributed by atoms with Crippen LogP contribution >= 0.6 is 0 Å². The van der Waals surface area contributed by atoms with Crippen LogP contribution in [-0.4, -0.2) is 23.3 Å². The van der Waals surface area contributed by atoms with Crippen LogP contribution in [0.1, 0.15) is 15.9 Å². The fourth-order valence-corrected chi connectivity index (χ4v) is 2.73. The van der Waals surface area contributed by atoms with Crippen LogP contribution in [0.4, 0.5) is 17.1 Å². The Bertz CT molecular complexity index is 1080. The molecule has 8 heteroatoms. The van der Waals surface area contributed by atoms with Crippen LogP contribution in [0.25, 0.3) is 0 Å². The minimum Gasteiger partial charge on any atom is -0.483 e. The summed E-state index contributed by atoms with van der Waals surface area (Å²) in [7, 11) is 0. The highest BCUT2D eigenvalue weighted by Crippen LogP contribution is 2.25. The lowest BCUT2D eigenvalue weighted by atomic mass is 10.2. The third-order valence-corrected chi connectivity index (χ3v) is 4.15. The van der Waals surface area contributed by atoms with Gasteiger partial charge in [-0.3, -0.25) is 19.7 Å². The highest BCUT2D eigenvalue weighted by Gasteiger charge is 2.17. The summed E-state index contributed by atoms with van der Waals surface area (Å²) in [5.74, 6) is -0.744. The van der Waals surface area contributed by atoms with Gasteiger partial charge in [-0.25, -0.2) is 0 Å². The van der Waals surface area contributed by atoms with Gasteiger partial charge in [0.1, 0.15) is 11.4 Å². The van der Waals surface area contributed by atoms with E-state index in [-0.39, 0.29) is 28.6 Å². The number of hydrogen-bond donors (Lipinski definition) is 2. The molecule has 30 heavy (non-hydrogen) atoms. The zero-order valence-corrected chi connectivity index (χ0v) is 16.1. The summed E-state index contributed by atoms with van der Waals surface area (Å²) >= 11 is 0. The largest absolute Gasteiger partial charge is 0.483 e. The van der Waals surface area contributed by atoms with Crippen molar-refractivity contribution in [3.63, 3.8) is 0 Å². The Morgan fingerprint density at radius 2 is 1.67 bits per heavy atom. The molecule has 0 aromatic heterocycles. The molecule has 8 nitrogen and oxygen atoms in total. The zero-order chi connectivity index (χ0) is 21.5. The Labute approximate surface area is 172 Å². The number of para-hydroxylation sites is 2. The van der Waals surface area contributed by atoms with Crippen LogP contribution in [0.3, 0.4) is 0 Å². The minimum atomic E-state index is -0.583. The van der Waals surface area contributed by atoms with E-state index in [1.165, 1.54) is 12.1 Å². The van der Waals surface area contributed by atoms with Gasteiger partial charge in [0.15, 0.2) is 6.61 Å². The fourth-order valence-electron chi connectivity index (χ4n) is 2.73. The van der Waals surface area contributed by atoms with Crippen molar-refractivity contribution in [2.45, 2.75) is 6.92 Å². The number of nitro groups is 1. The predicted molar refractivity (Wildman–Crippen MR) is 113 cm³/mol. The number of carbonyl (C=O) groups is 2. The van der Waals surface area contributed by atoms with Gasteiger partial charge >= 0.3 is 0 Å². The third kappa shape index (κ3) is 5.20. The molecule has 3 rings (SSSR count). The Balaban J connectivity index is 1.67. The number of anilines is 2. The van der Waals surface area contributed by atoms with Crippen molar-refractivity contribution in [3.05, 3.63) is 94.0 Å². The second kappa shape index (κ2) is 9.33. The summed E-state index contributed by atoms with van der Waals surface area (Å²) in [4.78, 5) is 35.4. The summed E-state index contributed by atoms with van der Waals surface area (Å²) in [6, 6.07) is 20.0. The first-order valence-corrected chi connectivity index (χ1v) is 9.07. The van der Waals surface area contributed by atoms with Crippen molar-refractivity contribution in [1.82, 2.24) is 0 Å². The van der Waals surface area contributed by atoms with Gasteiger partial charge in [0.25, 0.3) is 17.5 Å². The van der Waals surface area contributed by atoms with Gasteiger partial charge in [0, 0.05) is 11.8 Å². The van der Waals surface area contributed by atoms with Crippen LogP contribution in [0.2, 0.25) is 0 Å². The zero-order valence-electron chi connectivity index (χ0n) is 16.1. The van der Waals surface area contributed by atoms with Gasteiger partial charge in [0.2, 0.25) is 0 Å². The molecule has 0 saturated heterocycles. The molecule has 0 atom stereocenters. The summed E-state index contributed by atoms with van der Waals surface area (Å²) in [6.45, 7) is 1.31. The van der Waals surface area contributed by atoms with Gasteiger partial charge in [0.05, 0.1) is 10.5 Å². The first-order valence-electron chi connectivity index (χ1n) is 9.07. The number of amides is 2. The van der Waals surface area contributed by atoms with Crippen molar-refractivity contribution in [2.75, 3.05) is 17.2 Å². The molecule has 0 spiro atoms.